The Morgan fingerprint density at radius 1 is 1.37 bits per heavy atom. The molecule has 1 aromatic carbocycles. The fourth-order valence-electron chi connectivity index (χ4n) is 2.44. The molecule has 0 spiro atoms. The lowest BCUT2D eigenvalue weighted by atomic mass is 10.2. The molecule has 2 rings (SSSR count). The van der Waals surface area contributed by atoms with Crippen LogP contribution < -0.4 is 10.1 Å². The van der Waals surface area contributed by atoms with Crippen molar-refractivity contribution in [1.82, 2.24) is 15.1 Å². The second kappa shape index (κ2) is 8.06. The lowest BCUT2D eigenvalue weighted by Crippen LogP contribution is -2.28. The van der Waals surface area contributed by atoms with Gasteiger partial charge in [0.2, 0.25) is 0 Å². The topological polar surface area (TPSA) is 99.3 Å². The average Bonchev–Trinajstić information content (AvgIpc) is 2.86. The molecule has 0 bridgehead atoms. The summed E-state index contributed by atoms with van der Waals surface area (Å²) in [6.07, 6.45) is -4.47. The molecule has 0 aliphatic heterocycles. The van der Waals surface area contributed by atoms with Crippen LogP contribution in [0.2, 0.25) is 0 Å². The molecule has 0 saturated carbocycles. The van der Waals surface area contributed by atoms with Crippen molar-refractivity contribution < 1.29 is 27.6 Å². The summed E-state index contributed by atoms with van der Waals surface area (Å²) in [6.45, 7) is 1.96. The number of aromatic nitrogens is 2. The molecular weight excluding hydrogens is 369 g/mol. The summed E-state index contributed by atoms with van der Waals surface area (Å²) in [5.41, 5.74) is 0.706. The van der Waals surface area contributed by atoms with Crippen LogP contribution in [0, 0.1) is 24.0 Å². The van der Waals surface area contributed by atoms with Gasteiger partial charge in [-0.3, -0.25) is 19.6 Å². The fourth-order valence-corrected chi connectivity index (χ4v) is 2.44. The van der Waals surface area contributed by atoms with E-state index in [1.54, 1.807) is 6.92 Å². The quantitative estimate of drug-likeness (QED) is 0.583. The number of hydrogen-bond donors (Lipinski definition) is 1. The van der Waals surface area contributed by atoms with Gasteiger partial charge in [0.15, 0.2) is 6.61 Å². The smallest absolute Gasteiger partial charge is 0.422 e. The van der Waals surface area contributed by atoms with Crippen molar-refractivity contribution in [2.75, 3.05) is 13.2 Å². The molecule has 0 saturated heterocycles. The third kappa shape index (κ3) is 5.43. The first kappa shape index (κ1) is 20.2. The number of carbonyl (C=O) groups excluding carboxylic acids is 1. The van der Waals surface area contributed by atoms with Crippen LogP contribution in [0.4, 0.5) is 18.9 Å². The number of hydrogen-bond acceptors (Lipinski definition) is 5. The Hall–Kier alpha value is -3.11. The summed E-state index contributed by atoms with van der Waals surface area (Å²) in [7, 11) is 0. The monoisotopic (exact) mass is 386 g/mol. The molecule has 1 heterocycles. The van der Waals surface area contributed by atoms with E-state index in [1.165, 1.54) is 35.9 Å². The normalized spacial score (nSPS) is 11.3. The fraction of sp³-hybridized carbons (Fsp3) is 0.375. The van der Waals surface area contributed by atoms with Crippen LogP contribution in [0.25, 0.3) is 0 Å². The van der Waals surface area contributed by atoms with Gasteiger partial charge in [-0.2, -0.15) is 18.3 Å². The van der Waals surface area contributed by atoms with Crippen molar-refractivity contribution >= 4 is 11.6 Å². The number of nitrogens with zero attached hydrogens (tertiary/aromatic N) is 3. The second-order valence-electron chi connectivity index (χ2n) is 5.69. The Morgan fingerprint density at radius 2 is 2.07 bits per heavy atom. The van der Waals surface area contributed by atoms with Gasteiger partial charge in [-0.15, -0.1) is 0 Å². The molecule has 146 valence electrons. The van der Waals surface area contributed by atoms with E-state index in [0.29, 0.717) is 5.69 Å². The molecule has 0 aliphatic rings. The highest BCUT2D eigenvalue weighted by Gasteiger charge is 2.28. The van der Waals surface area contributed by atoms with E-state index >= 15 is 0 Å². The molecule has 11 heteroatoms. The molecular formula is C16H17F3N4O4. The number of ether oxygens (including phenoxy) is 1. The number of nitrogens with one attached hydrogen (secondary N) is 1. The van der Waals surface area contributed by atoms with Gasteiger partial charge in [0, 0.05) is 12.1 Å². The van der Waals surface area contributed by atoms with Gasteiger partial charge in [-0.25, -0.2) is 0 Å². The van der Waals surface area contributed by atoms with Gasteiger partial charge in [-0.05, 0) is 32.0 Å². The molecule has 1 N–H and O–H groups in total. The molecule has 27 heavy (non-hydrogen) atoms. The van der Waals surface area contributed by atoms with Gasteiger partial charge in [-0.1, -0.05) is 6.07 Å². The van der Waals surface area contributed by atoms with E-state index < -0.39 is 23.6 Å². The van der Waals surface area contributed by atoms with E-state index in [0.717, 1.165) is 0 Å². The van der Waals surface area contributed by atoms with Gasteiger partial charge in [0.1, 0.15) is 17.1 Å². The van der Waals surface area contributed by atoms with Crippen LogP contribution in [-0.2, 0) is 6.54 Å². The molecule has 8 nitrogen and oxygen atoms in total. The molecule has 0 aliphatic carbocycles. The first-order chi connectivity index (χ1) is 12.6. The predicted molar refractivity (Wildman–Crippen MR) is 88.7 cm³/mol. The number of alkyl halides is 3. The van der Waals surface area contributed by atoms with E-state index in [2.05, 4.69) is 15.2 Å². The minimum Gasteiger partial charge on any atom is -0.484 e. The predicted octanol–water partition coefficient (Wildman–Crippen LogP) is 2.78. The van der Waals surface area contributed by atoms with E-state index in [-0.39, 0.29) is 35.8 Å². The highest BCUT2D eigenvalue weighted by molar-refractivity contribution is 5.94. The van der Waals surface area contributed by atoms with Crippen LogP contribution in [-0.4, -0.2) is 39.9 Å². The zero-order chi connectivity index (χ0) is 20.2. The second-order valence-corrected chi connectivity index (χ2v) is 5.69. The lowest BCUT2D eigenvalue weighted by molar-refractivity contribution is -0.386. The zero-order valence-corrected chi connectivity index (χ0v) is 14.5. The standard InChI is InChI=1S/C16H17F3N4O4/c1-10-14(23(25)26)11(2)22(21-10)7-6-20-15(24)12-4-3-5-13(8-12)27-9-16(17,18)19/h3-5,8H,6-7,9H2,1-2H3,(H,20,24). The molecule has 0 unspecified atom stereocenters. The van der Waals surface area contributed by atoms with Crippen molar-refractivity contribution in [1.29, 1.82) is 0 Å². The van der Waals surface area contributed by atoms with E-state index in [4.69, 9.17) is 0 Å². The molecule has 1 aromatic heterocycles. The van der Waals surface area contributed by atoms with Crippen molar-refractivity contribution in [2.24, 2.45) is 0 Å². The highest BCUT2D eigenvalue weighted by atomic mass is 19.4. The summed E-state index contributed by atoms with van der Waals surface area (Å²) in [5, 5.41) is 17.6. The third-order valence-electron chi connectivity index (χ3n) is 3.63. The number of carbonyl (C=O) groups is 1. The lowest BCUT2D eigenvalue weighted by Gasteiger charge is -2.10. The van der Waals surface area contributed by atoms with E-state index in [1.807, 2.05) is 0 Å². The van der Waals surface area contributed by atoms with Crippen LogP contribution >= 0.6 is 0 Å². The Kier molecular flexibility index (Phi) is 6.03. The highest BCUT2D eigenvalue weighted by Crippen LogP contribution is 2.21. The molecule has 1 amide bonds. The van der Waals surface area contributed by atoms with Crippen LogP contribution in [0.1, 0.15) is 21.7 Å². The zero-order valence-electron chi connectivity index (χ0n) is 14.5. The number of rotatable bonds is 7. The summed E-state index contributed by atoms with van der Waals surface area (Å²) >= 11 is 0. The molecule has 2 aromatic rings. The number of nitro groups is 1. The summed E-state index contributed by atoms with van der Waals surface area (Å²) in [5.74, 6) is -0.586. The summed E-state index contributed by atoms with van der Waals surface area (Å²) < 4.78 is 42.6. The maximum atomic E-state index is 12.2. The maximum absolute atomic E-state index is 12.2. The van der Waals surface area contributed by atoms with Crippen LogP contribution in [0.5, 0.6) is 5.75 Å². The number of benzene rings is 1. The summed E-state index contributed by atoms with van der Waals surface area (Å²) in [6, 6.07) is 5.36. The SMILES string of the molecule is Cc1nn(CCNC(=O)c2cccc(OCC(F)(F)F)c2)c(C)c1[N+](=O)[O-]. The van der Waals surface area contributed by atoms with Crippen LogP contribution in [0.15, 0.2) is 24.3 Å². The molecule has 0 atom stereocenters. The first-order valence-electron chi connectivity index (χ1n) is 7.84. The molecule has 0 radical (unpaired) electrons. The Morgan fingerprint density at radius 3 is 2.67 bits per heavy atom. The van der Waals surface area contributed by atoms with Gasteiger partial charge in [0.25, 0.3) is 5.91 Å². The third-order valence-corrected chi connectivity index (χ3v) is 3.63. The van der Waals surface area contributed by atoms with Gasteiger partial charge < -0.3 is 10.1 Å². The largest absolute Gasteiger partial charge is 0.484 e. The van der Waals surface area contributed by atoms with Gasteiger partial charge in [0.05, 0.1) is 11.5 Å². The maximum Gasteiger partial charge on any atom is 0.422 e. The van der Waals surface area contributed by atoms with Gasteiger partial charge >= 0.3 is 11.9 Å². The average molecular weight is 386 g/mol. The first-order valence-corrected chi connectivity index (χ1v) is 7.84. The van der Waals surface area contributed by atoms with Crippen molar-refractivity contribution in [3.8, 4) is 5.75 Å². The van der Waals surface area contributed by atoms with Crippen molar-refractivity contribution in [3.63, 3.8) is 0 Å². The number of amides is 1. The minimum absolute atomic E-state index is 0.0733. The van der Waals surface area contributed by atoms with E-state index in [9.17, 15) is 28.1 Å². The van der Waals surface area contributed by atoms with Crippen LogP contribution in [0.3, 0.4) is 0 Å². The molecule has 0 fully saturated rings. The number of halogens is 3. The number of aryl methyl sites for hydroxylation is 1. The summed E-state index contributed by atoms with van der Waals surface area (Å²) in [4.78, 5) is 22.6. The van der Waals surface area contributed by atoms with Crippen molar-refractivity contribution in [3.05, 3.63) is 51.3 Å². The Labute approximate surface area is 152 Å². The minimum atomic E-state index is -4.47. The van der Waals surface area contributed by atoms with Crippen molar-refractivity contribution in [2.45, 2.75) is 26.6 Å². The Bertz CT molecular complexity index is 849. The Balaban J connectivity index is 1.95.